The molecular formula is C15H27N3O. The summed E-state index contributed by atoms with van der Waals surface area (Å²) in [4.78, 5) is 8.99. The molecule has 0 bridgehead atoms. The van der Waals surface area contributed by atoms with Crippen molar-refractivity contribution >= 4 is 5.82 Å². The largest absolute Gasteiger partial charge is 0.477 e. The minimum atomic E-state index is 0.562. The van der Waals surface area contributed by atoms with Gasteiger partial charge in [0.15, 0.2) is 0 Å². The van der Waals surface area contributed by atoms with Crippen LogP contribution in [0.15, 0.2) is 0 Å². The average molecular weight is 265 g/mol. The van der Waals surface area contributed by atoms with Gasteiger partial charge in [-0.1, -0.05) is 27.2 Å². The lowest BCUT2D eigenvalue weighted by Crippen LogP contribution is -2.13. The van der Waals surface area contributed by atoms with Crippen LogP contribution in [-0.4, -0.2) is 23.1 Å². The van der Waals surface area contributed by atoms with E-state index in [1.807, 2.05) is 6.92 Å². The Balaban J connectivity index is 2.83. The molecule has 0 aliphatic carbocycles. The van der Waals surface area contributed by atoms with Crippen LogP contribution in [0.1, 0.15) is 51.9 Å². The van der Waals surface area contributed by atoms with Crippen LogP contribution in [0.3, 0.4) is 0 Å². The predicted molar refractivity (Wildman–Crippen MR) is 79.9 cm³/mol. The quantitative estimate of drug-likeness (QED) is 0.780. The van der Waals surface area contributed by atoms with Crippen molar-refractivity contribution in [3.63, 3.8) is 0 Å². The van der Waals surface area contributed by atoms with E-state index in [0.29, 0.717) is 5.92 Å². The van der Waals surface area contributed by atoms with Crippen molar-refractivity contribution < 1.29 is 4.74 Å². The van der Waals surface area contributed by atoms with Crippen LogP contribution in [0.2, 0.25) is 0 Å². The van der Waals surface area contributed by atoms with Crippen LogP contribution in [0.25, 0.3) is 0 Å². The van der Waals surface area contributed by atoms with Crippen molar-refractivity contribution in [3.8, 4) is 5.88 Å². The third kappa shape index (κ3) is 4.69. The molecule has 0 amide bonds. The highest BCUT2D eigenvalue weighted by molar-refractivity contribution is 5.48. The second kappa shape index (κ2) is 7.97. The maximum absolute atomic E-state index is 5.89. The van der Waals surface area contributed by atoms with Crippen molar-refractivity contribution in [1.29, 1.82) is 0 Å². The number of aryl methyl sites for hydroxylation is 1. The smallest absolute Gasteiger partial charge is 0.221 e. The van der Waals surface area contributed by atoms with Crippen molar-refractivity contribution in [1.82, 2.24) is 9.97 Å². The number of hydrogen-bond donors (Lipinski definition) is 1. The molecule has 0 saturated carbocycles. The molecule has 1 aromatic rings. The number of nitrogens with one attached hydrogen (secondary N) is 1. The Kier molecular flexibility index (Phi) is 6.60. The Bertz CT molecular complexity index is 393. The number of hydrogen-bond acceptors (Lipinski definition) is 4. The van der Waals surface area contributed by atoms with E-state index in [4.69, 9.17) is 4.74 Å². The molecule has 4 nitrogen and oxygen atoms in total. The zero-order chi connectivity index (χ0) is 14.3. The molecule has 1 unspecified atom stereocenters. The molecule has 1 atom stereocenters. The molecule has 1 heterocycles. The Morgan fingerprint density at radius 3 is 2.53 bits per heavy atom. The zero-order valence-corrected chi connectivity index (χ0v) is 12.9. The van der Waals surface area contributed by atoms with Gasteiger partial charge in [0, 0.05) is 13.0 Å². The fraction of sp³-hybridized carbons (Fsp3) is 0.733. The Morgan fingerprint density at radius 1 is 1.21 bits per heavy atom. The maximum atomic E-state index is 5.89. The van der Waals surface area contributed by atoms with Crippen LogP contribution in [0, 0.1) is 12.8 Å². The topological polar surface area (TPSA) is 47.0 Å². The van der Waals surface area contributed by atoms with Gasteiger partial charge in [-0.05, 0) is 26.2 Å². The van der Waals surface area contributed by atoms with E-state index in [1.165, 1.54) is 12.8 Å². The minimum absolute atomic E-state index is 0.562. The van der Waals surface area contributed by atoms with Crippen LogP contribution < -0.4 is 10.1 Å². The molecule has 0 fully saturated rings. The highest BCUT2D eigenvalue weighted by Gasteiger charge is 2.12. The van der Waals surface area contributed by atoms with Crippen LogP contribution in [0.5, 0.6) is 5.88 Å². The average Bonchev–Trinajstić information content (AvgIpc) is 2.40. The molecule has 0 aliphatic rings. The molecule has 1 aromatic heterocycles. The SMILES string of the molecule is CCCC(C)COc1nc(CC)nc(NCC)c1C. The second-order valence-corrected chi connectivity index (χ2v) is 5.01. The molecule has 19 heavy (non-hydrogen) atoms. The molecule has 108 valence electrons. The summed E-state index contributed by atoms with van der Waals surface area (Å²) in [5, 5.41) is 3.27. The summed E-state index contributed by atoms with van der Waals surface area (Å²) in [6.07, 6.45) is 3.19. The van der Waals surface area contributed by atoms with Gasteiger partial charge in [-0.3, -0.25) is 0 Å². The third-order valence-corrected chi connectivity index (χ3v) is 3.09. The van der Waals surface area contributed by atoms with E-state index in [-0.39, 0.29) is 0 Å². The Hall–Kier alpha value is -1.32. The molecule has 1 N–H and O–H groups in total. The summed E-state index contributed by atoms with van der Waals surface area (Å²) in [7, 11) is 0. The number of aromatic nitrogens is 2. The van der Waals surface area contributed by atoms with Gasteiger partial charge in [0.25, 0.3) is 0 Å². The fourth-order valence-electron chi connectivity index (χ4n) is 1.98. The lowest BCUT2D eigenvalue weighted by Gasteiger charge is -2.16. The first-order valence-electron chi connectivity index (χ1n) is 7.36. The molecule has 4 heteroatoms. The second-order valence-electron chi connectivity index (χ2n) is 5.01. The van der Waals surface area contributed by atoms with E-state index in [2.05, 4.69) is 43.0 Å². The first-order valence-corrected chi connectivity index (χ1v) is 7.36. The monoisotopic (exact) mass is 265 g/mol. The van der Waals surface area contributed by atoms with Gasteiger partial charge >= 0.3 is 0 Å². The lowest BCUT2D eigenvalue weighted by atomic mass is 10.1. The third-order valence-electron chi connectivity index (χ3n) is 3.09. The number of ether oxygens (including phenoxy) is 1. The molecule has 0 spiro atoms. The Labute approximate surface area is 117 Å². The van der Waals surface area contributed by atoms with E-state index in [1.54, 1.807) is 0 Å². The first kappa shape index (κ1) is 15.7. The summed E-state index contributed by atoms with van der Waals surface area (Å²) < 4.78 is 5.89. The van der Waals surface area contributed by atoms with E-state index < -0.39 is 0 Å². The molecule has 0 aromatic carbocycles. The van der Waals surface area contributed by atoms with Crippen LogP contribution >= 0.6 is 0 Å². The van der Waals surface area contributed by atoms with Gasteiger partial charge in [0.05, 0.1) is 12.2 Å². The van der Waals surface area contributed by atoms with Gasteiger partial charge < -0.3 is 10.1 Å². The summed E-state index contributed by atoms with van der Waals surface area (Å²) in [6.45, 7) is 12.1. The summed E-state index contributed by atoms with van der Waals surface area (Å²) in [6, 6.07) is 0. The summed E-state index contributed by atoms with van der Waals surface area (Å²) in [5.74, 6) is 3.02. The van der Waals surface area contributed by atoms with E-state index in [9.17, 15) is 0 Å². The molecular weight excluding hydrogens is 238 g/mol. The summed E-state index contributed by atoms with van der Waals surface area (Å²) >= 11 is 0. The minimum Gasteiger partial charge on any atom is -0.477 e. The number of rotatable bonds is 8. The predicted octanol–water partition coefficient (Wildman–Crippen LogP) is 3.59. The molecule has 1 rings (SSSR count). The van der Waals surface area contributed by atoms with E-state index in [0.717, 1.165) is 42.7 Å². The highest BCUT2D eigenvalue weighted by Crippen LogP contribution is 2.23. The van der Waals surface area contributed by atoms with Gasteiger partial charge in [-0.25, -0.2) is 4.98 Å². The maximum Gasteiger partial charge on any atom is 0.221 e. The number of nitrogens with zero attached hydrogens (tertiary/aromatic N) is 2. The Morgan fingerprint density at radius 2 is 1.95 bits per heavy atom. The lowest BCUT2D eigenvalue weighted by molar-refractivity contribution is 0.240. The molecule has 0 aliphatic heterocycles. The van der Waals surface area contributed by atoms with Crippen LogP contribution in [0.4, 0.5) is 5.82 Å². The molecule has 0 radical (unpaired) electrons. The fourth-order valence-corrected chi connectivity index (χ4v) is 1.98. The van der Waals surface area contributed by atoms with Crippen LogP contribution in [-0.2, 0) is 6.42 Å². The van der Waals surface area contributed by atoms with Gasteiger partial charge in [-0.15, -0.1) is 0 Å². The van der Waals surface area contributed by atoms with Crippen molar-refractivity contribution in [2.75, 3.05) is 18.5 Å². The normalized spacial score (nSPS) is 12.3. The van der Waals surface area contributed by atoms with Crippen molar-refractivity contribution in [2.24, 2.45) is 5.92 Å². The van der Waals surface area contributed by atoms with Crippen molar-refractivity contribution in [2.45, 2.75) is 53.9 Å². The van der Waals surface area contributed by atoms with Crippen molar-refractivity contribution in [3.05, 3.63) is 11.4 Å². The van der Waals surface area contributed by atoms with Gasteiger partial charge in [0.2, 0.25) is 5.88 Å². The van der Waals surface area contributed by atoms with Gasteiger partial charge in [-0.2, -0.15) is 4.98 Å². The standard InChI is InChI=1S/C15H27N3O/c1-6-9-11(4)10-19-15-12(5)14(16-8-3)17-13(7-2)18-15/h11H,6-10H2,1-5H3,(H,16,17,18). The summed E-state index contributed by atoms with van der Waals surface area (Å²) in [5.41, 5.74) is 1.00. The first-order chi connectivity index (χ1) is 9.12. The van der Waals surface area contributed by atoms with Gasteiger partial charge in [0.1, 0.15) is 11.6 Å². The van der Waals surface area contributed by atoms with E-state index >= 15 is 0 Å². The zero-order valence-electron chi connectivity index (χ0n) is 12.9. The number of anilines is 1. The molecule has 0 saturated heterocycles. The highest BCUT2D eigenvalue weighted by atomic mass is 16.5.